The summed E-state index contributed by atoms with van der Waals surface area (Å²) in [7, 11) is 0. The van der Waals surface area contributed by atoms with Crippen LogP contribution < -0.4 is 0 Å². The molecule has 0 spiro atoms. The van der Waals surface area contributed by atoms with Crippen molar-refractivity contribution in [3.05, 3.63) is 24.0 Å². The topological polar surface area (TPSA) is 45.5 Å². The second-order valence-electron chi connectivity index (χ2n) is 4.86. The average Bonchev–Trinajstić information content (AvgIpc) is 2.97. The average molecular weight is 272 g/mol. The van der Waals surface area contributed by atoms with Crippen molar-refractivity contribution in [3.8, 4) is 0 Å². The van der Waals surface area contributed by atoms with Crippen LogP contribution in [0.2, 0.25) is 0 Å². The van der Waals surface area contributed by atoms with E-state index in [1.54, 1.807) is 17.0 Å². The highest BCUT2D eigenvalue weighted by atomic mass is 19.3. The molecule has 1 fully saturated rings. The monoisotopic (exact) mass is 272 g/mol. The number of alkyl halides is 2. The van der Waals surface area contributed by atoms with E-state index in [0.29, 0.717) is 31.1 Å². The highest BCUT2D eigenvalue weighted by Crippen LogP contribution is 2.21. The number of aliphatic hydroxyl groups is 1. The fourth-order valence-corrected chi connectivity index (χ4v) is 2.51. The number of carbonyl (C=O) groups is 1. The lowest BCUT2D eigenvalue weighted by Crippen LogP contribution is -2.31. The zero-order valence-electron chi connectivity index (χ0n) is 10.6. The summed E-state index contributed by atoms with van der Waals surface area (Å²) < 4.78 is 26.1. The Kier molecular flexibility index (Phi) is 4.52. The van der Waals surface area contributed by atoms with Crippen LogP contribution in [0, 0.1) is 5.92 Å². The molecule has 1 aliphatic rings. The molecule has 6 heteroatoms. The first-order valence-corrected chi connectivity index (χ1v) is 6.45. The van der Waals surface area contributed by atoms with Crippen molar-refractivity contribution in [1.29, 1.82) is 0 Å². The van der Waals surface area contributed by atoms with E-state index in [0.717, 1.165) is 6.42 Å². The molecule has 0 saturated carbocycles. The zero-order chi connectivity index (χ0) is 13.8. The molecule has 1 unspecified atom stereocenters. The van der Waals surface area contributed by atoms with E-state index in [1.807, 2.05) is 0 Å². The van der Waals surface area contributed by atoms with Gasteiger partial charge in [0.1, 0.15) is 5.69 Å². The number of amides is 1. The van der Waals surface area contributed by atoms with Crippen LogP contribution in [-0.2, 0) is 6.54 Å². The maximum absolute atomic E-state index is 12.4. The predicted octanol–water partition coefficient (Wildman–Crippen LogP) is 1.60. The summed E-state index contributed by atoms with van der Waals surface area (Å²) in [5.41, 5.74) is 0.310. The van der Waals surface area contributed by atoms with Gasteiger partial charge in [0.25, 0.3) is 12.3 Å². The molecule has 2 heterocycles. The number of carbonyl (C=O) groups excluding carboxylic acids is 1. The number of aromatic nitrogens is 1. The van der Waals surface area contributed by atoms with Gasteiger partial charge in [-0.25, -0.2) is 8.78 Å². The lowest BCUT2D eigenvalue weighted by Gasteiger charge is -2.17. The molecule has 1 atom stereocenters. The van der Waals surface area contributed by atoms with E-state index in [9.17, 15) is 13.6 Å². The van der Waals surface area contributed by atoms with Crippen LogP contribution in [-0.4, -0.2) is 46.6 Å². The van der Waals surface area contributed by atoms with E-state index >= 15 is 0 Å². The highest BCUT2D eigenvalue weighted by molar-refractivity contribution is 5.93. The first kappa shape index (κ1) is 14.0. The minimum Gasteiger partial charge on any atom is -0.396 e. The summed E-state index contributed by atoms with van der Waals surface area (Å²) in [6.07, 6.45) is 0.573. The second-order valence-corrected chi connectivity index (χ2v) is 4.86. The third-order valence-corrected chi connectivity index (χ3v) is 3.49. The van der Waals surface area contributed by atoms with Gasteiger partial charge >= 0.3 is 0 Å². The molecule has 1 N–H and O–H groups in total. The molecule has 0 bridgehead atoms. The number of halogens is 2. The van der Waals surface area contributed by atoms with Crippen LogP contribution in [0.4, 0.5) is 8.78 Å². The van der Waals surface area contributed by atoms with E-state index in [-0.39, 0.29) is 12.5 Å². The van der Waals surface area contributed by atoms with Gasteiger partial charge in [0, 0.05) is 25.9 Å². The van der Waals surface area contributed by atoms with Crippen LogP contribution >= 0.6 is 0 Å². The first-order chi connectivity index (χ1) is 9.11. The van der Waals surface area contributed by atoms with Crippen LogP contribution in [0.1, 0.15) is 23.3 Å². The number of hydrogen-bond acceptors (Lipinski definition) is 2. The number of hydrogen-bond donors (Lipinski definition) is 1. The van der Waals surface area contributed by atoms with Gasteiger partial charge in [-0.1, -0.05) is 0 Å². The normalized spacial score (nSPS) is 19.4. The summed E-state index contributed by atoms with van der Waals surface area (Å²) in [6.45, 7) is 0.888. The fourth-order valence-electron chi connectivity index (χ4n) is 2.51. The van der Waals surface area contributed by atoms with Gasteiger partial charge in [-0.2, -0.15) is 0 Å². The molecule has 0 aromatic carbocycles. The molecule has 1 aromatic heterocycles. The van der Waals surface area contributed by atoms with Gasteiger partial charge in [-0.15, -0.1) is 0 Å². The SMILES string of the molecule is O=C(c1cccn1CC(F)F)N1CCC(CCO)C1. The standard InChI is InChI=1S/C13H18F2N2O2/c14-12(15)9-16-5-1-2-11(16)13(19)17-6-3-10(8-17)4-7-18/h1-2,5,10,12,18H,3-4,6-9H2. The van der Waals surface area contributed by atoms with Gasteiger partial charge < -0.3 is 14.6 Å². The van der Waals surface area contributed by atoms with Crippen molar-refractivity contribution in [2.45, 2.75) is 25.8 Å². The predicted molar refractivity (Wildman–Crippen MR) is 66.1 cm³/mol. The molecule has 1 aliphatic heterocycles. The molecular formula is C13H18F2N2O2. The number of likely N-dealkylation sites (tertiary alicyclic amines) is 1. The first-order valence-electron chi connectivity index (χ1n) is 6.45. The maximum Gasteiger partial charge on any atom is 0.270 e. The van der Waals surface area contributed by atoms with Crippen molar-refractivity contribution in [1.82, 2.24) is 9.47 Å². The van der Waals surface area contributed by atoms with Crippen molar-refractivity contribution >= 4 is 5.91 Å². The Morgan fingerprint density at radius 1 is 1.53 bits per heavy atom. The van der Waals surface area contributed by atoms with Crippen molar-refractivity contribution in [2.75, 3.05) is 19.7 Å². The molecular weight excluding hydrogens is 254 g/mol. The molecule has 4 nitrogen and oxygen atoms in total. The van der Waals surface area contributed by atoms with E-state index in [2.05, 4.69) is 0 Å². The maximum atomic E-state index is 12.4. The third kappa shape index (κ3) is 3.32. The second kappa shape index (κ2) is 6.14. The molecule has 106 valence electrons. The van der Waals surface area contributed by atoms with Gasteiger partial charge in [-0.05, 0) is 30.9 Å². The van der Waals surface area contributed by atoms with Crippen molar-refractivity contribution < 1.29 is 18.7 Å². The zero-order valence-corrected chi connectivity index (χ0v) is 10.6. The van der Waals surface area contributed by atoms with E-state index in [4.69, 9.17) is 5.11 Å². The summed E-state index contributed by atoms with van der Waals surface area (Å²) in [5.74, 6) is 0.110. The fraction of sp³-hybridized carbons (Fsp3) is 0.615. The molecule has 19 heavy (non-hydrogen) atoms. The molecule has 1 aromatic rings. The van der Waals surface area contributed by atoms with Crippen LogP contribution in [0.3, 0.4) is 0 Å². The van der Waals surface area contributed by atoms with Gasteiger partial charge in [-0.3, -0.25) is 4.79 Å². The van der Waals surface area contributed by atoms with Gasteiger partial charge in [0.2, 0.25) is 0 Å². The molecule has 2 rings (SSSR count). The number of nitrogens with zero attached hydrogens (tertiary/aromatic N) is 2. The quantitative estimate of drug-likeness (QED) is 0.885. The summed E-state index contributed by atoms with van der Waals surface area (Å²) in [6, 6.07) is 3.18. The van der Waals surface area contributed by atoms with E-state index in [1.165, 1.54) is 10.8 Å². The van der Waals surface area contributed by atoms with Crippen molar-refractivity contribution in [3.63, 3.8) is 0 Å². The van der Waals surface area contributed by atoms with Gasteiger partial charge in [0.15, 0.2) is 0 Å². The molecule has 0 aliphatic carbocycles. The van der Waals surface area contributed by atoms with Crippen molar-refractivity contribution in [2.24, 2.45) is 5.92 Å². The minimum atomic E-state index is -2.47. The number of rotatable bonds is 5. The lowest BCUT2D eigenvalue weighted by atomic mass is 10.1. The van der Waals surface area contributed by atoms with Crippen LogP contribution in [0.5, 0.6) is 0 Å². The van der Waals surface area contributed by atoms with Crippen LogP contribution in [0.15, 0.2) is 18.3 Å². The Hall–Kier alpha value is -1.43. The molecule has 1 amide bonds. The van der Waals surface area contributed by atoms with E-state index < -0.39 is 13.0 Å². The third-order valence-electron chi connectivity index (χ3n) is 3.49. The Labute approximate surface area is 110 Å². The molecule has 1 saturated heterocycles. The Balaban J connectivity index is 2.02. The number of aliphatic hydroxyl groups excluding tert-OH is 1. The smallest absolute Gasteiger partial charge is 0.270 e. The summed E-state index contributed by atoms with van der Waals surface area (Å²) >= 11 is 0. The summed E-state index contributed by atoms with van der Waals surface area (Å²) in [5, 5.41) is 8.89. The Bertz CT molecular complexity index is 434. The largest absolute Gasteiger partial charge is 0.396 e. The highest BCUT2D eigenvalue weighted by Gasteiger charge is 2.28. The lowest BCUT2D eigenvalue weighted by molar-refractivity contribution is 0.0763. The van der Waals surface area contributed by atoms with Crippen LogP contribution in [0.25, 0.3) is 0 Å². The Morgan fingerprint density at radius 2 is 2.32 bits per heavy atom. The minimum absolute atomic E-state index is 0.120. The van der Waals surface area contributed by atoms with Gasteiger partial charge in [0.05, 0.1) is 6.54 Å². The Morgan fingerprint density at radius 3 is 3.00 bits per heavy atom. The summed E-state index contributed by atoms with van der Waals surface area (Å²) in [4.78, 5) is 13.9. The molecule has 0 radical (unpaired) electrons.